The number of aromatic nitrogens is 4. The third-order valence-corrected chi connectivity index (χ3v) is 7.36. The van der Waals surface area contributed by atoms with E-state index in [2.05, 4.69) is 30.2 Å². The number of anilines is 1. The molecule has 0 spiro atoms. The predicted octanol–water partition coefficient (Wildman–Crippen LogP) is 1.56. The van der Waals surface area contributed by atoms with Gasteiger partial charge in [-0.2, -0.15) is 5.26 Å². The quantitative estimate of drug-likeness (QED) is 0.211. The average molecular weight is 609 g/mol. The van der Waals surface area contributed by atoms with Gasteiger partial charge in [0, 0.05) is 31.4 Å². The van der Waals surface area contributed by atoms with Crippen molar-refractivity contribution in [1.29, 1.82) is 5.26 Å². The van der Waals surface area contributed by atoms with Gasteiger partial charge in [0.1, 0.15) is 17.3 Å². The molecule has 4 heterocycles. The summed E-state index contributed by atoms with van der Waals surface area (Å²) in [5.74, 6) is -4.07. The minimum atomic E-state index is -2.18. The lowest BCUT2D eigenvalue weighted by Crippen LogP contribution is -2.56. The number of H-pyrrole nitrogens is 1. The van der Waals surface area contributed by atoms with E-state index >= 15 is 0 Å². The number of halogens is 1. The van der Waals surface area contributed by atoms with Gasteiger partial charge in [-0.15, -0.1) is 0 Å². The minimum absolute atomic E-state index is 0.0922. The van der Waals surface area contributed by atoms with Gasteiger partial charge in [0.25, 0.3) is 5.91 Å². The first-order valence-electron chi connectivity index (χ1n) is 14.1. The fourth-order valence-corrected chi connectivity index (χ4v) is 4.83. The van der Waals surface area contributed by atoms with E-state index in [-0.39, 0.29) is 19.0 Å². The van der Waals surface area contributed by atoms with Gasteiger partial charge in [0.05, 0.1) is 43.5 Å². The zero-order valence-electron chi connectivity index (χ0n) is 24.2. The van der Waals surface area contributed by atoms with Gasteiger partial charge in [0.2, 0.25) is 5.95 Å². The molecule has 5 rings (SSSR count). The maximum Gasteiger partial charge on any atom is 0.317 e. The first kappa shape index (κ1) is 31.0. The molecule has 4 N–H and O–H groups in total. The van der Waals surface area contributed by atoms with Crippen molar-refractivity contribution in [2.24, 2.45) is 11.1 Å². The summed E-state index contributed by atoms with van der Waals surface area (Å²) in [6.45, 7) is 5.30. The number of ether oxygens (including phenoxy) is 4. The highest BCUT2D eigenvalue weighted by Gasteiger charge is 2.54. The molecule has 232 valence electrons. The van der Waals surface area contributed by atoms with Crippen molar-refractivity contribution < 1.29 is 32.9 Å². The van der Waals surface area contributed by atoms with Crippen molar-refractivity contribution in [2.45, 2.75) is 19.1 Å². The number of nitrogens with two attached hydrogens (primary N) is 1. The normalized spacial score (nSPS) is 22.2. The first-order valence-corrected chi connectivity index (χ1v) is 14.1. The van der Waals surface area contributed by atoms with E-state index in [1.54, 1.807) is 18.3 Å². The summed E-state index contributed by atoms with van der Waals surface area (Å²) >= 11 is 0. The van der Waals surface area contributed by atoms with Crippen LogP contribution < -0.4 is 11.1 Å². The zero-order valence-corrected chi connectivity index (χ0v) is 24.2. The van der Waals surface area contributed by atoms with Crippen LogP contribution in [-0.4, -0.2) is 95.9 Å². The van der Waals surface area contributed by atoms with Gasteiger partial charge in [-0.3, -0.25) is 14.5 Å². The summed E-state index contributed by atoms with van der Waals surface area (Å²) in [5.41, 5.74) is 6.11. The molecule has 1 amide bonds. The van der Waals surface area contributed by atoms with Crippen LogP contribution in [0.3, 0.4) is 0 Å². The molecule has 0 unspecified atom stereocenters. The summed E-state index contributed by atoms with van der Waals surface area (Å²) < 4.78 is 35.8. The van der Waals surface area contributed by atoms with Crippen molar-refractivity contribution in [2.75, 3.05) is 64.5 Å². The number of aromatic amines is 1. The van der Waals surface area contributed by atoms with Crippen molar-refractivity contribution >= 4 is 17.8 Å². The predicted molar refractivity (Wildman–Crippen MR) is 153 cm³/mol. The number of esters is 1. The molecule has 44 heavy (non-hydrogen) atoms. The summed E-state index contributed by atoms with van der Waals surface area (Å²) in [4.78, 5) is 44.4. The molecule has 0 radical (unpaired) electrons. The molecule has 0 atom stereocenters. The number of nitrogens with one attached hydrogen (secondary N) is 2. The van der Waals surface area contributed by atoms with Crippen LogP contribution in [0.4, 0.5) is 10.3 Å². The van der Waals surface area contributed by atoms with Gasteiger partial charge in [-0.25, -0.2) is 19.3 Å². The Hall–Kier alpha value is -4.49. The monoisotopic (exact) mass is 608 g/mol. The van der Waals surface area contributed by atoms with E-state index in [0.717, 1.165) is 39.3 Å². The average Bonchev–Trinajstić information content (AvgIpc) is 3.49. The standard InChI is InChI=1S/C29H33FN8O6/c1-28(26(40)42-14-8-31)17-43-29(24(32)39,44-18-28)25-36-22(19-3-5-20(30)6-4-19)23(37-25)21-7-10-34-27(35-21)33-9-2-11-38-12-15-41-16-13-38/h3-7,10H,2,9,11-18H2,1H3,(H2,32,39)(H,36,37)(H,33,34,35). The number of rotatable bonds is 11. The van der Waals surface area contributed by atoms with E-state index in [9.17, 15) is 14.0 Å². The van der Waals surface area contributed by atoms with Crippen LogP contribution in [0.15, 0.2) is 36.5 Å². The number of primary amides is 1. The molecule has 3 aromatic rings. The molecule has 2 fully saturated rings. The van der Waals surface area contributed by atoms with Crippen LogP contribution in [0.2, 0.25) is 0 Å². The Morgan fingerprint density at radius 3 is 2.59 bits per heavy atom. The second-order valence-corrected chi connectivity index (χ2v) is 10.7. The zero-order chi connectivity index (χ0) is 31.2. The van der Waals surface area contributed by atoms with Gasteiger partial charge >= 0.3 is 11.8 Å². The van der Waals surface area contributed by atoms with E-state index < -0.39 is 35.5 Å². The highest BCUT2D eigenvalue weighted by Crippen LogP contribution is 2.39. The van der Waals surface area contributed by atoms with Crippen molar-refractivity contribution in [3.05, 3.63) is 48.2 Å². The van der Waals surface area contributed by atoms with E-state index in [0.29, 0.717) is 35.1 Å². The summed E-state index contributed by atoms with van der Waals surface area (Å²) in [6, 6.07) is 9.02. The Labute approximate surface area is 252 Å². The number of amides is 1. The highest BCUT2D eigenvalue weighted by molar-refractivity contribution is 5.85. The topological polar surface area (TPSA) is 191 Å². The third kappa shape index (κ3) is 6.68. The number of carbonyl (C=O) groups excluding carboxylic acids is 2. The number of hydrogen-bond donors (Lipinski definition) is 3. The van der Waals surface area contributed by atoms with Crippen LogP contribution in [0.5, 0.6) is 0 Å². The molecule has 2 saturated heterocycles. The lowest BCUT2D eigenvalue weighted by molar-refractivity contribution is -0.293. The van der Waals surface area contributed by atoms with Crippen LogP contribution in [0, 0.1) is 22.6 Å². The Kier molecular flexibility index (Phi) is 9.45. The maximum atomic E-state index is 13.8. The van der Waals surface area contributed by atoms with Crippen LogP contribution >= 0.6 is 0 Å². The van der Waals surface area contributed by atoms with Crippen molar-refractivity contribution in [1.82, 2.24) is 24.8 Å². The van der Waals surface area contributed by atoms with Crippen molar-refractivity contribution in [3.63, 3.8) is 0 Å². The van der Waals surface area contributed by atoms with E-state index in [1.807, 2.05) is 0 Å². The molecule has 15 heteroatoms. The Morgan fingerprint density at radius 2 is 1.91 bits per heavy atom. The molecule has 2 aliphatic heterocycles. The smallest absolute Gasteiger partial charge is 0.317 e. The molecule has 0 bridgehead atoms. The Morgan fingerprint density at radius 1 is 1.18 bits per heavy atom. The Balaban J connectivity index is 1.42. The molecule has 2 aliphatic rings. The number of benzene rings is 1. The number of nitrogens with zero attached hydrogens (tertiary/aromatic N) is 5. The van der Waals surface area contributed by atoms with Gasteiger partial charge in [-0.1, -0.05) is 0 Å². The van der Waals surface area contributed by atoms with Crippen LogP contribution in [0.1, 0.15) is 19.2 Å². The molecule has 14 nitrogen and oxygen atoms in total. The molecular weight excluding hydrogens is 575 g/mol. The van der Waals surface area contributed by atoms with E-state index in [1.165, 1.54) is 31.2 Å². The first-order chi connectivity index (χ1) is 21.2. The number of hydrogen-bond acceptors (Lipinski definition) is 12. The second-order valence-electron chi connectivity index (χ2n) is 10.7. The minimum Gasteiger partial charge on any atom is -0.450 e. The SMILES string of the molecule is CC1(C(=O)OCC#N)COC(C(N)=O)(c2nc(-c3ccc(F)cc3)c(-c3ccnc(NCCCN4CCOCC4)n3)[nH]2)OC1. The lowest BCUT2D eigenvalue weighted by Gasteiger charge is -2.40. The molecular formula is C29H33FN8O6. The molecule has 0 aliphatic carbocycles. The number of nitriles is 1. The Bertz CT molecular complexity index is 1510. The van der Waals surface area contributed by atoms with Crippen LogP contribution in [0.25, 0.3) is 22.6 Å². The van der Waals surface area contributed by atoms with Crippen molar-refractivity contribution in [3.8, 4) is 28.7 Å². The lowest BCUT2D eigenvalue weighted by atomic mass is 9.91. The fraction of sp³-hybridized carbons (Fsp3) is 0.448. The summed E-state index contributed by atoms with van der Waals surface area (Å²) in [7, 11) is 0. The fourth-order valence-electron chi connectivity index (χ4n) is 4.83. The van der Waals surface area contributed by atoms with Gasteiger partial charge in [-0.05, 0) is 50.2 Å². The van der Waals surface area contributed by atoms with Gasteiger partial charge < -0.3 is 35.0 Å². The molecule has 2 aromatic heterocycles. The largest absolute Gasteiger partial charge is 0.450 e. The number of morpholine rings is 1. The second kappa shape index (κ2) is 13.4. The summed E-state index contributed by atoms with van der Waals surface area (Å²) in [6.07, 6.45) is 2.46. The van der Waals surface area contributed by atoms with Gasteiger partial charge in [0.15, 0.2) is 12.4 Å². The maximum absolute atomic E-state index is 13.8. The van der Waals surface area contributed by atoms with Crippen LogP contribution in [-0.2, 0) is 34.3 Å². The molecule has 1 aromatic carbocycles. The third-order valence-electron chi connectivity index (χ3n) is 7.36. The summed E-state index contributed by atoms with van der Waals surface area (Å²) in [5, 5.41) is 12.0. The number of imidazole rings is 1. The van der Waals surface area contributed by atoms with E-state index in [4.69, 9.17) is 29.9 Å². The highest BCUT2D eigenvalue weighted by atomic mass is 19.1. The molecule has 0 saturated carbocycles. The number of carbonyl (C=O) groups is 2.